The summed E-state index contributed by atoms with van der Waals surface area (Å²) in [5.74, 6) is 0.188. The highest BCUT2D eigenvalue weighted by Gasteiger charge is 2.23. The molecule has 1 aromatic heterocycles. The second-order valence-corrected chi connectivity index (χ2v) is 6.24. The average Bonchev–Trinajstić information content (AvgIpc) is 3.42. The zero-order chi connectivity index (χ0) is 17.8. The van der Waals surface area contributed by atoms with E-state index in [0.717, 1.165) is 12.8 Å². The fourth-order valence-electron chi connectivity index (χ4n) is 2.66. The van der Waals surface area contributed by atoms with Crippen LogP contribution in [0.3, 0.4) is 0 Å². The van der Waals surface area contributed by atoms with Gasteiger partial charge in [0.2, 0.25) is 0 Å². The maximum atomic E-state index is 14.0. The third kappa shape index (κ3) is 4.81. The van der Waals surface area contributed by atoms with Gasteiger partial charge in [0.1, 0.15) is 0 Å². The van der Waals surface area contributed by atoms with Crippen LogP contribution in [0.2, 0.25) is 0 Å². The summed E-state index contributed by atoms with van der Waals surface area (Å²) in [5.41, 5.74) is 1.54. The molecule has 2 aromatic rings. The van der Waals surface area contributed by atoms with Crippen LogP contribution in [-0.2, 0) is 13.1 Å². The van der Waals surface area contributed by atoms with Gasteiger partial charge in [0.05, 0.1) is 19.4 Å². The molecule has 0 saturated heterocycles. The second kappa shape index (κ2) is 9.12. The lowest BCUT2D eigenvalue weighted by atomic mass is 10.1. The molecule has 1 heterocycles. The largest absolute Gasteiger partial charge is 0.494 e. The Labute approximate surface area is 157 Å². The van der Waals surface area contributed by atoms with Crippen molar-refractivity contribution < 1.29 is 14.2 Å². The van der Waals surface area contributed by atoms with E-state index in [1.807, 2.05) is 0 Å². The normalized spacial score (nSPS) is 13.3. The summed E-state index contributed by atoms with van der Waals surface area (Å²) in [5, 5.41) is 16.3. The van der Waals surface area contributed by atoms with E-state index in [1.54, 1.807) is 18.2 Å². The van der Waals surface area contributed by atoms with Crippen LogP contribution in [0.15, 0.2) is 29.1 Å². The summed E-state index contributed by atoms with van der Waals surface area (Å²) >= 11 is 0. The first-order valence-corrected chi connectivity index (χ1v) is 8.39. The molecule has 0 spiro atoms. The van der Waals surface area contributed by atoms with Crippen LogP contribution in [0.4, 0.5) is 4.39 Å². The molecule has 0 bridgehead atoms. The van der Waals surface area contributed by atoms with Crippen LogP contribution >= 0.6 is 12.4 Å². The lowest BCUT2D eigenvalue weighted by Crippen LogP contribution is -2.30. The number of hydrogen-bond acceptors (Lipinski definition) is 5. The van der Waals surface area contributed by atoms with Crippen molar-refractivity contribution in [3.63, 3.8) is 0 Å². The molecule has 0 amide bonds. The van der Waals surface area contributed by atoms with Gasteiger partial charge in [-0.05, 0) is 43.0 Å². The van der Waals surface area contributed by atoms with Crippen molar-refractivity contribution in [1.29, 1.82) is 0 Å². The smallest absolute Gasteiger partial charge is 0.271 e. The molecule has 1 fully saturated rings. The van der Waals surface area contributed by atoms with Gasteiger partial charge in [0.25, 0.3) is 5.56 Å². The lowest BCUT2D eigenvalue weighted by Gasteiger charge is -2.12. The van der Waals surface area contributed by atoms with Crippen molar-refractivity contribution in [1.82, 2.24) is 15.1 Å². The predicted molar refractivity (Wildman–Crippen MR) is 99.2 cm³/mol. The zero-order valence-corrected chi connectivity index (χ0v) is 15.4. The van der Waals surface area contributed by atoms with Gasteiger partial charge in [-0.25, -0.2) is 9.07 Å². The van der Waals surface area contributed by atoms with Gasteiger partial charge < -0.3 is 15.2 Å². The minimum Gasteiger partial charge on any atom is -0.494 e. The first kappa shape index (κ1) is 20.4. The minimum absolute atomic E-state index is 0. The van der Waals surface area contributed by atoms with Crippen molar-refractivity contribution in [3.8, 4) is 17.0 Å². The number of benzene rings is 1. The maximum Gasteiger partial charge on any atom is 0.271 e. The Morgan fingerprint density at radius 3 is 2.77 bits per heavy atom. The number of aliphatic hydroxyl groups excluding tert-OH is 1. The number of methoxy groups -OCH3 is 1. The molecule has 8 heteroatoms. The number of nitrogens with one attached hydrogen (secondary N) is 1. The van der Waals surface area contributed by atoms with Gasteiger partial charge >= 0.3 is 0 Å². The van der Waals surface area contributed by atoms with Gasteiger partial charge in [0, 0.05) is 30.8 Å². The number of ether oxygens (including phenoxy) is 1. The highest BCUT2D eigenvalue weighted by molar-refractivity contribution is 5.85. The Morgan fingerprint density at radius 1 is 1.38 bits per heavy atom. The van der Waals surface area contributed by atoms with E-state index < -0.39 is 5.82 Å². The number of halogens is 2. The first-order valence-electron chi connectivity index (χ1n) is 8.39. The van der Waals surface area contributed by atoms with E-state index in [1.165, 1.54) is 17.9 Å². The Morgan fingerprint density at radius 2 is 2.15 bits per heavy atom. The fourth-order valence-corrected chi connectivity index (χ4v) is 2.66. The third-order valence-corrected chi connectivity index (χ3v) is 4.23. The SMILES string of the molecule is COc1ccc(-c2cc(CNCCO)c(=O)n(CC3CC3)n2)cc1F.Cl. The summed E-state index contributed by atoms with van der Waals surface area (Å²) < 4.78 is 20.4. The van der Waals surface area contributed by atoms with Crippen LogP contribution in [0.25, 0.3) is 11.3 Å². The topological polar surface area (TPSA) is 76.4 Å². The molecule has 26 heavy (non-hydrogen) atoms. The summed E-state index contributed by atoms with van der Waals surface area (Å²) in [6.07, 6.45) is 2.21. The molecular formula is C18H23ClFN3O3. The van der Waals surface area contributed by atoms with Gasteiger partial charge in [-0.1, -0.05) is 0 Å². The maximum absolute atomic E-state index is 14.0. The van der Waals surface area contributed by atoms with E-state index in [4.69, 9.17) is 9.84 Å². The molecule has 0 aliphatic heterocycles. The van der Waals surface area contributed by atoms with E-state index in [2.05, 4.69) is 10.4 Å². The Balaban J connectivity index is 0.00000243. The Bertz CT molecular complexity index is 809. The predicted octanol–water partition coefficient (Wildman–Crippen LogP) is 1.97. The summed E-state index contributed by atoms with van der Waals surface area (Å²) in [4.78, 5) is 12.6. The highest BCUT2D eigenvalue weighted by Crippen LogP contribution is 2.30. The average molecular weight is 384 g/mol. The molecule has 2 N–H and O–H groups in total. The molecule has 142 valence electrons. The molecule has 1 aromatic carbocycles. The molecule has 1 aliphatic carbocycles. The monoisotopic (exact) mass is 383 g/mol. The van der Waals surface area contributed by atoms with Gasteiger partial charge in [-0.2, -0.15) is 5.10 Å². The van der Waals surface area contributed by atoms with Gasteiger partial charge in [-0.3, -0.25) is 4.79 Å². The number of hydrogen-bond donors (Lipinski definition) is 2. The number of aliphatic hydroxyl groups is 1. The second-order valence-electron chi connectivity index (χ2n) is 6.24. The van der Waals surface area contributed by atoms with E-state index in [-0.39, 0.29) is 30.3 Å². The van der Waals surface area contributed by atoms with Crippen LogP contribution in [0.1, 0.15) is 18.4 Å². The quantitative estimate of drug-likeness (QED) is 0.681. The Hall–Kier alpha value is -1.96. The third-order valence-electron chi connectivity index (χ3n) is 4.23. The molecule has 1 aliphatic rings. The summed E-state index contributed by atoms with van der Waals surface area (Å²) in [6, 6.07) is 6.31. The van der Waals surface area contributed by atoms with Crippen molar-refractivity contribution in [2.75, 3.05) is 20.3 Å². The zero-order valence-electron chi connectivity index (χ0n) is 14.6. The molecular weight excluding hydrogens is 361 g/mol. The van der Waals surface area contributed by atoms with Gasteiger partial charge in [-0.15, -0.1) is 12.4 Å². The number of rotatable bonds is 8. The summed E-state index contributed by atoms with van der Waals surface area (Å²) in [7, 11) is 1.41. The number of aromatic nitrogens is 2. The van der Waals surface area contributed by atoms with Crippen LogP contribution < -0.4 is 15.6 Å². The van der Waals surface area contributed by atoms with Crippen molar-refractivity contribution in [2.24, 2.45) is 5.92 Å². The van der Waals surface area contributed by atoms with E-state index >= 15 is 0 Å². The molecule has 3 rings (SSSR count). The highest BCUT2D eigenvalue weighted by atomic mass is 35.5. The fraction of sp³-hybridized carbons (Fsp3) is 0.444. The van der Waals surface area contributed by atoms with E-state index in [0.29, 0.717) is 42.4 Å². The van der Waals surface area contributed by atoms with Crippen LogP contribution in [-0.4, -0.2) is 35.1 Å². The number of nitrogens with zero attached hydrogens (tertiary/aromatic N) is 2. The first-order chi connectivity index (χ1) is 12.1. The minimum atomic E-state index is -0.471. The molecule has 1 saturated carbocycles. The van der Waals surface area contributed by atoms with Crippen LogP contribution in [0, 0.1) is 11.7 Å². The van der Waals surface area contributed by atoms with Crippen molar-refractivity contribution in [3.05, 3.63) is 46.0 Å². The molecule has 0 unspecified atom stereocenters. The van der Waals surface area contributed by atoms with E-state index in [9.17, 15) is 9.18 Å². The standard InChI is InChI=1S/C18H22FN3O3.ClH/c1-25-17-5-4-13(8-15(17)19)16-9-14(10-20-6-7-23)18(24)22(21-16)11-12-2-3-12;/h4-5,8-9,12,20,23H,2-3,6-7,10-11H2,1H3;1H. The molecule has 6 nitrogen and oxygen atoms in total. The summed E-state index contributed by atoms with van der Waals surface area (Å²) in [6.45, 7) is 1.31. The molecule has 0 radical (unpaired) electrons. The van der Waals surface area contributed by atoms with Crippen molar-refractivity contribution in [2.45, 2.75) is 25.9 Å². The lowest BCUT2D eigenvalue weighted by molar-refractivity contribution is 0.291. The van der Waals surface area contributed by atoms with Crippen molar-refractivity contribution >= 4 is 12.4 Å². The van der Waals surface area contributed by atoms with Crippen LogP contribution in [0.5, 0.6) is 5.75 Å². The molecule has 0 atom stereocenters. The van der Waals surface area contributed by atoms with Gasteiger partial charge in [0.15, 0.2) is 11.6 Å². The Kier molecular flexibility index (Phi) is 7.14.